The van der Waals surface area contributed by atoms with Crippen LogP contribution in [0.5, 0.6) is 0 Å². The maximum atomic E-state index is 12.2. The highest BCUT2D eigenvalue weighted by atomic mass is 32.2. The third kappa shape index (κ3) is 3.70. The number of benzene rings is 1. The van der Waals surface area contributed by atoms with E-state index in [1.807, 2.05) is 0 Å². The van der Waals surface area contributed by atoms with Gasteiger partial charge in [-0.2, -0.15) is 5.10 Å². The van der Waals surface area contributed by atoms with Gasteiger partial charge in [-0.1, -0.05) is 30.0 Å². The lowest BCUT2D eigenvalue weighted by Crippen LogP contribution is -2.24. The van der Waals surface area contributed by atoms with Gasteiger partial charge in [0.1, 0.15) is 11.5 Å². The van der Waals surface area contributed by atoms with Crippen molar-refractivity contribution in [3.8, 4) is 11.8 Å². The number of nitrogens with zero attached hydrogens (tertiary/aromatic N) is 1. The number of H-pyrrole nitrogens is 1. The van der Waals surface area contributed by atoms with Gasteiger partial charge in [0, 0.05) is 12.1 Å². The Hall–Kier alpha value is -2.14. The lowest BCUT2D eigenvalue weighted by Gasteiger charge is -2.07. The summed E-state index contributed by atoms with van der Waals surface area (Å²) in [6, 6.07) is 7.16. The molecule has 110 valence electrons. The number of nitrogens with one attached hydrogen (secondary N) is 2. The van der Waals surface area contributed by atoms with E-state index in [1.165, 1.54) is 6.20 Å². The van der Waals surface area contributed by atoms with Gasteiger partial charge in [-0.15, -0.1) is 0 Å². The average molecular weight is 305 g/mol. The molecule has 1 aromatic heterocycles. The molecule has 21 heavy (non-hydrogen) atoms. The Morgan fingerprint density at radius 2 is 2.14 bits per heavy atom. The molecule has 0 radical (unpaired) electrons. The van der Waals surface area contributed by atoms with Gasteiger partial charge in [-0.25, -0.2) is 13.1 Å². The summed E-state index contributed by atoms with van der Waals surface area (Å²) in [7, 11) is -3.62. The van der Waals surface area contributed by atoms with Gasteiger partial charge in [0.05, 0.1) is 11.9 Å². The second-order valence-corrected chi connectivity index (χ2v) is 6.04. The highest BCUT2D eigenvalue weighted by Gasteiger charge is 2.18. The van der Waals surface area contributed by atoms with Crippen molar-refractivity contribution < 1.29 is 13.5 Å². The number of hydrogen-bond acceptors (Lipinski definition) is 4. The summed E-state index contributed by atoms with van der Waals surface area (Å²) in [5, 5.41) is 15.0. The van der Waals surface area contributed by atoms with E-state index in [2.05, 4.69) is 26.8 Å². The van der Waals surface area contributed by atoms with Gasteiger partial charge in [-0.05, 0) is 18.6 Å². The standard InChI is InChI=1S/C14H15N3O3S/c1-11-14(10-15-17-11)21(19,20)16-9-13-6-3-2-5-12(13)7-4-8-18/h2-3,5-6,10,16,18H,8-9H2,1H3,(H,15,17). The van der Waals surface area contributed by atoms with Crippen molar-refractivity contribution in [3.63, 3.8) is 0 Å². The molecule has 2 aromatic rings. The smallest absolute Gasteiger partial charge is 0.244 e. The van der Waals surface area contributed by atoms with E-state index in [0.29, 0.717) is 11.3 Å². The van der Waals surface area contributed by atoms with Crippen LogP contribution in [0, 0.1) is 18.8 Å². The fraction of sp³-hybridized carbons (Fsp3) is 0.214. The Labute approximate surface area is 123 Å². The maximum Gasteiger partial charge on any atom is 0.244 e. The first-order valence-electron chi connectivity index (χ1n) is 6.22. The molecular weight excluding hydrogens is 290 g/mol. The highest BCUT2D eigenvalue weighted by molar-refractivity contribution is 7.89. The molecule has 0 amide bonds. The summed E-state index contributed by atoms with van der Waals surface area (Å²) in [5.41, 5.74) is 1.90. The van der Waals surface area contributed by atoms with Gasteiger partial charge >= 0.3 is 0 Å². The van der Waals surface area contributed by atoms with Crippen molar-refractivity contribution in [3.05, 3.63) is 47.3 Å². The first-order chi connectivity index (χ1) is 10.0. The van der Waals surface area contributed by atoms with Gasteiger partial charge < -0.3 is 5.11 Å². The molecule has 0 saturated carbocycles. The Balaban J connectivity index is 2.19. The van der Waals surface area contributed by atoms with Crippen molar-refractivity contribution >= 4 is 10.0 Å². The van der Waals surface area contributed by atoms with Crippen LogP contribution in [0.2, 0.25) is 0 Å². The minimum Gasteiger partial charge on any atom is -0.384 e. The van der Waals surface area contributed by atoms with Crippen molar-refractivity contribution in [2.24, 2.45) is 0 Å². The third-order valence-corrected chi connectivity index (χ3v) is 4.36. The fourth-order valence-electron chi connectivity index (χ4n) is 1.79. The molecule has 1 aromatic carbocycles. The summed E-state index contributed by atoms with van der Waals surface area (Å²) in [6.07, 6.45) is 1.27. The maximum absolute atomic E-state index is 12.2. The topological polar surface area (TPSA) is 95.1 Å². The second kappa shape index (κ2) is 6.54. The van der Waals surface area contributed by atoms with E-state index < -0.39 is 10.0 Å². The fourth-order valence-corrected chi connectivity index (χ4v) is 2.93. The van der Waals surface area contributed by atoms with Crippen molar-refractivity contribution in [1.82, 2.24) is 14.9 Å². The zero-order valence-corrected chi connectivity index (χ0v) is 12.2. The summed E-state index contributed by atoms with van der Waals surface area (Å²) in [4.78, 5) is 0.126. The quantitative estimate of drug-likeness (QED) is 0.719. The number of aromatic amines is 1. The number of aliphatic hydroxyl groups is 1. The van der Waals surface area contributed by atoms with E-state index in [9.17, 15) is 8.42 Å². The number of rotatable bonds is 4. The summed E-state index contributed by atoms with van der Waals surface area (Å²) in [6.45, 7) is 1.51. The molecule has 0 saturated heterocycles. The molecule has 0 atom stereocenters. The molecule has 2 rings (SSSR count). The van der Waals surface area contributed by atoms with E-state index >= 15 is 0 Å². The molecule has 0 spiro atoms. The lowest BCUT2D eigenvalue weighted by molar-refractivity contribution is 0.350. The monoisotopic (exact) mass is 305 g/mol. The van der Waals surface area contributed by atoms with Crippen LogP contribution in [0.4, 0.5) is 0 Å². The molecule has 0 aliphatic heterocycles. The molecule has 0 bridgehead atoms. The molecule has 3 N–H and O–H groups in total. The molecular formula is C14H15N3O3S. The largest absolute Gasteiger partial charge is 0.384 e. The van der Waals surface area contributed by atoms with Gasteiger partial charge in [-0.3, -0.25) is 5.10 Å². The van der Waals surface area contributed by atoms with Gasteiger partial charge in [0.25, 0.3) is 0 Å². The van der Waals surface area contributed by atoms with Crippen LogP contribution in [0.1, 0.15) is 16.8 Å². The van der Waals surface area contributed by atoms with Crippen LogP contribution in [-0.2, 0) is 16.6 Å². The number of hydrogen-bond donors (Lipinski definition) is 3. The van der Waals surface area contributed by atoms with Crippen LogP contribution in [-0.4, -0.2) is 30.3 Å². The van der Waals surface area contributed by atoms with Crippen molar-refractivity contribution in [2.45, 2.75) is 18.4 Å². The normalized spacial score (nSPS) is 11.0. The molecule has 0 fully saturated rings. The van der Waals surface area contributed by atoms with Gasteiger partial charge in [0.15, 0.2) is 0 Å². The first kappa shape index (κ1) is 15.3. The Kier molecular flexibility index (Phi) is 4.75. The highest BCUT2D eigenvalue weighted by Crippen LogP contribution is 2.13. The van der Waals surface area contributed by atoms with E-state index in [0.717, 1.165) is 5.56 Å². The second-order valence-electron chi connectivity index (χ2n) is 4.30. The van der Waals surface area contributed by atoms with E-state index in [1.54, 1.807) is 31.2 Å². The molecule has 0 aliphatic carbocycles. The molecule has 0 unspecified atom stereocenters. The van der Waals surface area contributed by atoms with Crippen LogP contribution in [0.15, 0.2) is 35.4 Å². The zero-order chi connectivity index (χ0) is 15.3. The van der Waals surface area contributed by atoms with Crippen molar-refractivity contribution in [1.29, 1.82) is 0 Å². The predicted octanol–water partition coefficient (Wildman–Crippen LogP) is 0.540. The minimum absolute atomic E-state index is 0.114. The Morgan fingerprint density at radius 3 is 2.81 bits per heavy atom. The van der Waals surface area contributed by atoms with Gasteiger partial charge in [0.2, 0.25) is 10.0 Å². The molecule has 7 heteroatoms. The molecule has 1 heterocycles. The number of aryl methyl sites for hydroxylation is 1. The Bertz CT molecular complexity index is 785. The summed E-state index contributed by atoms with van der Waals surface area (Å²) >= 11 is 0. The van der Waals surface area contributed by atoms with E-state index in [-0.39, 0.29) is 18.0 Å². The first-order valence-corrected chi connectivity index (χ1v) is 7.70. The third-order valence-electron chi connectivity index (χ3n) is 2.85. The molecule has 6 nitrogen and oxygen atoms in total. The van der Waals surface area contributed by atoms with Crippen LogP contribution in [0.3, 0.4) is 0 Å². The zero-order valence-electron chi connectivity index (χ0n) is 11.4. The SMILES string of the molecule is Cc1[nH]ncc1S(=O)(=O)NCc1ccccc1C#CCO. The summed E-state index contributed by atoms with van der Waals surface area (Å²) < 4.78 is 26.8. The number of sulfonamides is 1. The van der Waals surface area contributed by atoms with Crippen LogP contribution >= 0.6 is 0 Å². The van der Waals surface area contributed by atoms with Crippen LogP contribution < -0.4 is 4.72 Å². The molecule has 0 aliphatic rings. The predicted molar refractivity (Wildman–Crippen MR) is 77.8 cm³/mol. The number of aromatic nitrogens is 2. The number of aliphatic hydroxyl groups excluding tert-OH is 1. The van der Waals surface area contributed by atoms with E-state index in [4.69, 9.17) is 5.11 Å². The Morgan fingerprint density at radius 1 is 1.38 bits per heavy atom. The minimum atomic E-state index is -3.62. The van der Waals surface area contributed by atoms with Crippen LogP contribution in [0.25, 0.3) is 0 Å². The summed E-state index contributed by atoms with van der Waals surface area (Å²) in [5.74, 6) is 5.34. The average Bonchev–Trinajstić information content (AvgIpc) is 2.91. The lowest BCUT2D eigenvalue weighted by atomic mass is 10.1. The van der Waals surface area contributed by atoms with Crippen molar-refractivity contribution in [2.75, 3.05) is 6.61 Å².